The average Bonchev–Trinajstić information content (AvgIpc) is 2.77. The largest absolute Gasteiger partial charge is 0.497 e. The van der Waals surface area contributed by atoms with Crippen molar-refractivity contribution < 1.29 is 23.8 Å². The normalized spacial score (nSPS) is 11.8. The number of methoxy groups -OCH3 is 1. The highest BCUT2D eigenvalue weighted by Gasteiger charge is 2.22. The van der Waals surface area contributed by atoms with E-state index in [2.05, 4.69) is 0 Å². The Morgan fingerprint density at radius 3 is 2.30 bits per heavy atom. The smallest absolute Gasteiger partial charge is 0.349 e. The van der Waals surface area contributed by atoms with Gasteiger partial charge in [-0.25, -0.2) is 9.59 Å². The molecule has 6 nitrogen and oxygen atoms in total. The summed E-state index contributed by atoms with van der Waals surface area (Å²) < 4.78 is 16.2. The van der Waals surface area contributed by atoms with Gasteiger partial charge in [0, 0.05) is 23.1 Å². The van der Waals surface area contributed by atoms with Crippen LogP contribution in [0.2, 0.25) is 0 Å². The highest BCUT2D eigenvalue weighted by molar-refractivity contribution is 5.93. The number of aliphatic carboxylic acids is 1. The molecule has 1 heterocycles. The molecule has 0 aliphatic carbocycles. The zero-order valence-corrected chi connectivity index (χ0v) is 16.1. The molecule has 1 atom stereocenters. The zero-order valence-electron chi connectivity index (χ0n) is 16.1. The van der Waals surface area contributed by atoms with E-state index in [0.29, 0.717) is 27.8 Å². The highest BCUT2D eigenvalue weighted by Crippen LogP contribution is 2.32. The Labute approximate surface area is 171 Å². The number of benzene rings is 3. The number of ether oxygens (including phenoxy) is 2. The van der Waals surface area contributed by atoms with E-state index in [1.54, 1.807) is 49.6 Å². The Kier molecular flexibility index (Phi) is 5.22. The molecular formula is C24H18O6. The Morgan fingerprint density at radius 1 is 0.933 bits per heavy atom. The second-order valence-electron chi connectivity index (χ2n) is 6.61. The van der Waals surface area contributed by atoms with Gasteiger partial charge in [-0.15, -0.1) is 0 Å². The number of fused-ring (bicyclic) bond motifs is 1. The number of carboxylic acid groups (broad SMARTS) is 1. The number of hydrogen-bond donors (Lipinski definition) is 1. The Hall–Kier alpha value is -4.06. The van der Waals surface area contributed by atoms with Gasteiger partial charge < -0.3 is 19.0 Å². The lowest BCUT2D eigenvalue weighted by Crippen LogP contribution is -2.18. The number of carbonyl (C=O) groups is 1. The number of carboxylic acids is 1. The summed E-state index contributed by atoms with van der Waals surface area (Å²) in [5, 5.41) is 10.3. The summed E-state index contributed by atoms with van der Waals surface area (Å²) >= 11 is 0. The molecule has 0 fully saturated rings. The van der Waals surface area contributed by atoms with E-state index in [1.165, 1.54) is 12.1 Å². The van der Waals surface area contributed by atoms with Crippen molar-refractivity contribution in [3.63, 3.8) is 0 Å². The van der Waals surface area contributed by atoms with Crippen molar-refractivity contribution in [1.82, 2.24) is 0 Å². The fourth-order valence-corrected chi connectivity index (χ4v) is 3.25. The van der Waals surface area contributed by atoms with Crippen molar-refractivity contribution in [2.24, 2.45) is 0 Å². The summed E-state index contributed by atoms with van der Waals surface area (Å²) in [4.78, 5) is 23.8. The number of rotatable bonds is 6. The summed E-state index contributed by atoms with van der Waals surface area (Å²) in [6.45, 7) is 0. The second-order valence-corrected chi connectivity index (χ2v) is 6.61. The minimum atomic E-state index is -1.18. The van der Waals surface area contributed by atoms with Crippen LogP contribution in [0.3, 0.4) is 0 Å². The van der Waals surface area contributed by atoms with E-state index < -0.39 is 17.7 Å². The maximum absolute atomic E-state index is 12.1. The standard InChI is InChI=1S/C24H18O6/c1-28-17-9-7-15(8-10-17)20-14-22(25)30-21-13-18(11-12-19(20)21)29-23(24(26)27)16-5-3-2-4-6-16/h2-14,23H,1H3,(H,26,27)/t23-/m0/s1. The molecule has 0 aliphatic heterocycles. The Balaban J connectivity index is 1.74. The van der Waals surface area contributed by atoms with Gasteiger partial charge in [0.25, 0.3) is 0 Å². The molecule has 0 bridgehead atoms. The third-order valence-corrected chi connectivity index (χ3v) is 4.70. The van der Waals surface area contributed by atoms with E-state index in [1.807, 2.05) is 24.3 Å². The van der Waals surface area contributed by atoms with Gasteiger partial charge in [0.1, 0.15) is 17.1 Å². The molecule has 30 heavy (non-hydrogen) atoms. The molecule has 0 unspecified atom stereocenters. The SMILES string of the molecule is COc1ccc(-c2cc(=O)oc3cc(O[C@H](C(=O)O)c4ccccc4)ccc23)cc1. The van der Waals surface area contributed by atoms with Gasteiger partial charge in [0.15, 0.2) is 0 Å². The highest BCUT2D eigenvalue weighted by atomic mass is 16.5. The first-order valence-electron chi connectivity index (χ1n) is 9.22. The van der Waals surface area contributed by atoms with Crippen molar-refractivity contribution in [1.29, 1.82) is 0 Å². The van der Waals surface area contributed by atoms with Gasteiger partial charge in [-0.1, -0.05) is 42.5 Å². The van der Waals surface area contributed by atoms with Crippen molar-refractivity contribution in [2.75, 3.05) is 7.11 Å². The van der Waals surface area contributed by atoms with Gasteiger partial charge in [-0.2, -0.15) is 0 Å². The van der Waals surface area contributed by atoms with E-state index in [0.717, 1.165) is 5.56 Å². The predicted octanol–water partition coefficient (Wildman–Crippen LogP) is 4.67. The van der Waals surface area contributed by atoms with Crippen LogP contribution in [-0.4, -0.2) is 18.2 Å². The molecular weight excluding hydrogens is 384 g/mol. The molecule has 0 aliphatic rings. The van der Waals surface area contributed by atoms with Crippen molar-refractivity contribution in [2.45, 2.75) is 6.10 Å². The summed E-state index contributed by atoms with van der Waals surface area (Å²) in [7, 11) is 1.59. The second kappa shape index (κ2) is 8.13. The van der Waals surface area contributed by atoms with Crippen LogP contribution in [-0.2, 0) is 4.79 Å². The summed E-state index contributed by atoms with van der Waals surface area (Å²) in [6, 6.07) is 22.3. The molecule has 3 aromatic carbocycles. The van der Waals surface area contributed by atoms with E-state index in [4.69, 9.17) is 13.9 Å². The zero-order chi connectivity index (χ0) is 21.1. The first-order chi connectivity index (χ1) is 14.5. The average molecular weight is 402 g/mol. The molecule has 0 spiro atoms. The van der Waals surface area contributed by atoms with Crippen LogP contribution >= 0.6 is 0 Å². The van der Waals surface area contributed by atoms with Crippen molar-refractivity contribution in [3.05, 3.63) is 94.8 Å². The summed E-state index contributed by atoms with van der Waals surface area (Å²) in [5.74, 6) is -0.120. The first kappa shape index (κ1) is 19.3. The molecule has 0 saturated heterocycles. The topological polar surface area (TPSA) is 86.0 Å². The first-order valence-corrected chi connectivity index (χ1v) is 9.22. The van der Waals surface area contributed by atoms with Crippen LogP contribution in [0.5, 0.6) is 11.5 Å². The van der Waals surface area contributed by atoms with Crippen LogP contribution in [0.15, 0.2) is 88.1 Å². The Morgan fingerprint density at radius 2 is 1.63 bits per heavy atom. The molecule has 4 rings (SSSR count). The summed E-state index contributed by atoms with van der Waals surface area (Å²) in [6.07, 6.45) is -1.18. The molecule has 6 heteroatoms. The maximum Gasteiger partial charge on any atom is 0.349 e. The van der Waals surface area contributed by atoms with Crippen LogP contribution in [0, 0.1) is 0 Å². The maximum atomic E-state index is 12.1. The third-order valence-electron chi connectivity index (χ3n) is 4.70. The van der Waals surface area contributed by atoms with E-state index in [9.17, 15) is 14.7 Å². The summed E-state index contributed by atoms with van der Waals surface area (Å²) in [5.41, 5.74) is 1.84. The minimum Gasteiger partial charge on any atom is -0.497 e. The van der Waals surface area contributed by atoms with Gasteiger partial charge in [0.05, 0.1) is 7.11 Å². The lowest BCUT2D eigenvalue weighted by molar-refractivity contribution is -0.145. The van der Waals surface area contributed by atoms with Crippen LogP contribution in [0.1, 0.15) is 11.7 Å². The molecule has 0 amide bonds. The Bertz CT molecular complexity index is 1240. The van der Waals surface area contributed by atoms with Crippen LogP contribution in [0.25, 0.3) is 22.1 Å². The van der Waals surface area contributed by atoms with E-state index >= 15 is 0 Å². The molecule has 0 saturated carbocycles. The molecule has 0 radical (unpaired) electrons. The molecule has 1 aromatic heterocycles. The van der Waals surface area contributed by atoms with Gasteiger partial charge in [-0.3, -0.25) is 0 Å². The lowest BCUT2D eigenvalue weighted by Gasteiger charge is -2.16. The molecule has 1 N–H and O–H groups in total. The molecule has 150 valence electrons. The third kappa shape index (κ3) is 3.89. The van der Waals surface area contributed by atoms with Crippen molar-refractivity contribution >= 4 is 16.9 Å². The number of hydrogen-bond acceptors (Lipinski definition) is 5. The minimum absolute atomic E-state index is 0.286. The quantitative estimate of drug-likeness (QED) is 0.472. The fourth-order valence-electron chi connectivity index (χ4n) is 3.25. The van der Waals surface area contributed by atoms with Gasteiger partial charge in [-0.05, 0) is 35.4 Å². The van der Waals surface area contributed by atoms with Gasteiger partial charge >= 0.3 is 11.6 Å². The van der Waals surface area contributed by atoms with Crippen LogP contribution in [0.4, 0.5) is 0 Å². The fraction of sp³-hybridized carbons (Fsp3) is 0.0833. The van der Waals surface area contributed by atoms with Gasteiger partial charge in [0.2, 0.25) is 6.10 Å². The van der Waals surface area contributed by atoms with Crippen LogP contribution < -0.4 is 15.1 Å². The monoisotopic (exact) mass is 402 g/mol. The lowest BCUT2D eigenvalue weighted by atomic mass is 10.0. The molecule has 4 aromatic rings. The predicted molar refractivity (Wildman–Crippen MR) is 112 cm³/mol. The van der Waals surface area contributed by atoms with Crippen molar-refractivity contribution in [3.8, 4) is 22.6 Å². The van der Waals surface area contributed by atoms with E-state index in [-0.39, 0.29) is 5.75 Å².